The van der Waals surface area contributed by atoms with E-state index in [1.807, 2.05) is 0 Å². The Morgan fingerprint density at radius 1 is 1.62 bits per heavy atom. The first-order valence-electron chi connectivity index (χ1n) is 2.90. The molecule has 3 heteroatoms. The summed E-state index contributed by atoms with van der Waals surface area (Å²) in [5.74, 6) is 1.20. The molecule has 2 aliphatic rings. The zero-order valence-electron chi connectivity index (χ0n) is 4.48. The van der Waals surface area contributed by atoms with E-state index in [4.69, 9.17) is 0 Å². The van der Waals surface area contributed by atoms with E-state index >= 15 is 0 Å². The first-order chi connectivity index (χ1) is 3.88. The van der Waals surface area contributed by atoms with Gasteiger partial charge in [-0.2, -0.15) is 0 Å². The molecule has 2 unspecified atom stereocenters. The highest BCUT2D eigenvalue weighted by molar-refractivity contribution is 5.81. The van der Waals surface area contributed by atoms with E-state index in [0.29, 0.717) is 11.8 Å². The van der Waals surface area contributed by atoms with Crippen LogP contribution < -0.4 is 10.9 Å². The van der Waals surface area contributed by atoms with Gasteiger partial charge in [-0.25, -0.2) is 5.43 Å². The highest BCUT2D eigenvalue weighted by Gasteiger charge is 2.45. The molecule has 0 aromatic heterocycles. The molecule has 2 atom stereocenters. The lowest BCUT2D eigenvalue weighted by Crippen LogP contribution is -2.44. The van der Waals surface area contributed by atoms with Gasteiger partial charge in [-0.15, -0.1) is 0 Å². The Labute approximate surface area is 47.4 Å². The molecule has 1 heterocycles. The van der Waals surface area contributed by atoms with Crippen molar-refractivity contribution in [2.75, 3.05) is 6.54 Å². The van der Waals surface area contributed by atoms with Crippen molar-refractivity contribution < 1.29 is 4.79 Å². The van der Waals surface area contributed by atoms with E-state index in [-0.39, 0.29) is 5.91 Å². The Morgan fingerprint density at radius 2 is 2.50 bits per heavy atom. The second kappa shape index (κ2) is 1.23. The van der Waals surface area contributed by atoms with Crippen LogP contribution in [0.2, 0.25) is 0 Å². The maximum atomic E-state index is 10.7. The molecule has 0 aromatic carbocycles. The van der Waals surface area contributed by atoms with Gasteiger partial charge in [0.25, 0.3) is 0 Å². The van der Waals surface area contributed by atoms with Crippen LogP contribution in [-0.4, -0.2) is 12.5 Å². The predicted molar refractivity (Wildman–Crippen MR) is 27.7 cm³/mol. The maximum Gasteiger partial charge on any atom is 0.237 e. The zero-order valence-corrected chi connectivity index (χ0v) is 4.48. The Balaban J connectivity index is 2.08. The molecular formula is C5H8N2O. The molecule has 1 aliphatic heterocycles. The molecule has 0 spiro atoms. The minimum Gasteiger partial charge on any atom is -0.291 e. The van der Waals surface area contributed by atoms with Gasteiger partial charge in [0.05, 0.1) is 0 Å². The molecule has 1 saturated heterocycles. The third-order valence-corrected chi connectivity index (χ3v) is 1.84. The number of rotatable bonds is 0. The van der Waals surface area contributed by atoms with Crippen molar-refractivity contribution in [1.82, 2.24) is 10.9 Å². The van der Waals surface area contributed by atoms with Crippen molar-refractivity contribution in [2.24, 2.45) is 11.8 Å². The van der Waals surface area contributed by atoms with Gasteiger partial charge < -0.3 is 0 Å². The van der Waals surface area contributed by atoms with Crippen LogP contribution in [0, 0.1) is 11.8 Å². The van der Waals surface area contributed by atoms with Crippen molar-refractivity contribution >= 4 is 5.91 Å². The molecule has 2 rings (SSSR count). The fourth-order valence-corrected chi connectivity index (χ4v) is 1.16. The molecule has 44 valence electrons. The zero-order chi connectivity index (χ0) is 5.56. The van der Waals surface area contributed by atoms with Crippen molar-refractivity contribution in [3.05, 3.63) is 0 Å². The van der Waals surface area contributed by atoms with Crippen LogP contribution in [0.15, 0.2) is 0 Å². The number of fused-ring (bicyclic) bond motifs is 1. The minimum absolute atomic E-state index is 0.182. The highest BCUT2D eigenvalue weighted by atomic mass is 16.2. The Kier molecular flexibility index (Phi) is 0.663. The summed E-state index contributed by atoms with van der Waals surface area (Å²) in [4.78, 5) is 10.7. The summed E-state index contributed by atoms with van der Waals surface area (Å²) >= 11 is 0. The Morgan fingerprint density at radius 3 is 3.12 bits per heavy atom. The van der Waals surface area contributed by atoms with E-state index in [1.54, 1.807) is 0 Å². The Hall–Kier alpha value is -0.570. The molecule has 1 saturated carbocycles. The van der Waals surface area contributed by atoms with Crippen LogP contribution in [0.25, 0.3) is 0 Å². The lowest BCUT2D eigenvalue weighted by atomic mass is 10.3. The second-order valence-corrected chi connectivity index (χ2v) is 2.47. The second-order valence-electron chi connectivity index (χ2n) is 2.47. The van der Waals surface area contributed by atoms with Gasteiger partial charge >= 0.3 is 0 Å². The number of hydrazine groups is 1. The predicted octanol–water partition coefficient (Wildman–Crippen LogP) is -0.743. The summed E-state index contributed by atoms with van der Waals surface area (Å²) in [5.41, 5.74) is 5.41. The van der Waals surface area contributed by atoms with Gasteiger partial charge in [0, 0.05) is 12.5 Å². The molecule has 2 N–H and O–H groups in total. The molecule has 2 fully saturated rings. The number of nitrogens with one attached hydrogen (secondary N) is 2. The molecule has 0 bridgehead atoms. The maximum absolute atomic E-state index is 10.7. The third kappa shape index (κ3) is 0.448. The van der Waals surface area contributed by atoms with Crippen molar-refractivity contribution in [3.63, 3.8) is 0 Å². The topological polar surface area (TPSA) is 41.1 Å². The standard InChI is InChI=1S/C5H8N2O/c8-5-4-1-3(4)2-6-7-5/h3-4,6H,1-2H2,(H,7,8). The average molecular weight is 112 g/mol. The summed E-state index contributed by atoms with van der Waals surface area (Å²) < 4.78 is 0. The number of carbonyl (C=O) groups excluding carboxylic acids is 1. The molecule has 0 aromatic rings. The van der Waals surface area contributed by atoms with Gasteiger partial charge in [-0.3, -0.25) is 10.2 Å². The molecule has 0 radical (unpaired) electrons. The molecular weight excluding hydrogens is 104 g/mol. The van der Waals surface area contributed by atoms with Gasteiger partial charge in [-0.05, 0) is 12.3 Å². The molecule has 3 nitrogen and oxygen atoms in total. The van der Waals surface area contributed by atoms with Crippen molar-refractivity contribution in [2.45, 2.75) is 6.42 Å². The minimum atomic E-state index is 0.182. The fraction of sp³-hybridized carbons (Fsp3) is 0.800. The van der Waals surface area contributed by atoms with E-state index in [9.17, 15) is 4.79 Å². The lowest BCUT2D eigenvalue weighted by molar-refractivity contribution is -0.124. The summed E-state index contributed by atoms with van der Waals surface area (Å²) in [6.07, 6.45) is 1.10. The van der Waals surface area contributed by atoms with Crippen LogP contribution in [-0.2, 0) is 4.79 Å². The van der Waals surface area contributed by atoms with Crippen LogP contribution in [0.3, 0.4) is 0 Å². The van der Waals surface area contributed by atoms with Crippen LogP contribution in [0.4, 0.5) is 0 Å². The van der Waals surface area contributed by atoms with Crippen LogP contribution in [0.5, 0.6) is 0 Å². The van der Waals surface area contributed by atoms with Gasteiger partial charge in [0.1, 0.15) is 0 Å². The normalized spacial score (nSPS) is 42.8. The summed E-state index contributed by atoms with van der Waals surface area (Å²) in [7, 11) is 0. The smallest absolute Gasteiger partial charge is 0.237 e. The van der Waals surface area contributed by atoms with E-state index < -0.39 is 0 Å². The average Bonchev–Trinajstić information content (AvgIpc) is 2.45. The third-order valence-electron chi connectivity index (χ3n) is 1.84. The largest absolute Gasteiger partial charge is 0.291 e. The number of amides is 1. The van der Waals surface area contributed by atoms with Gasteiger partial charge in [-0.1, -0.05) is 0 Å². The van der Waals surface area contributed by atoms with E-state index in [1.165, 1.54) is 0 Å². The fourth-order valence-electron chi connectivity index (χ4n) is 1.16. The molecule has 1 amide bonds. The van der Waals surface area contributed by atoms with E-state index in [0.717, 1.165) is 13.0 Å². The van der Waals surface area contributed by atoms with E-state index in [2.05, 4.69) is 10.9 Å². The monoisotopic (exact) mass is 112 g/mol. The van der Waals surface area contributed by atoms with Gasteiger partial charge in [0.15, 0.2) is 0 Å². The van der Waals surface area contributed by atoms with Crippen LogP contribution in [0.1, 0.15) is 6.42 Å². The first kappa shape index (κ1) is 4.32. The number of hydrogen-bond acceptors (Lipinski definition) is 2. The number of carbonyl (C=O) groups is 1. The first-order valence-corrected chi connectivity index (χ1v) is 2.90. The van der Waals surface area contributed by atoms with Crippen molar-refractivity contribution in [1.29, 1.82) is 0 Å². The quantitative estimate of drug-likeness (QED) is 0.433. The highest BCUT2D eigenvalue weighted by Crippen LogP contribution is 2.38. The SMILES string of the molecule is O=C1NNCC2CC12. The molecule has 1 aliphatic carbocycles. The van der Waals surface area contributed by atoms with Crippen LogP contribution >= 0.6 is 0 Å². The Bertz CT molecular complexity index is 134. The summed E-state index contributed by atoms with van der Waals surface area (Å²) in [6, 6.07) is 0. The van der Waals surface area contributed by atoms with Gasteiger partial charge in [0.2, 0.25) is 5.91 Å². The lowest BCUT2D eigenvalue weighted by Gasteiger charge is -2.10. The number of hydrogen-bond donors (Lipinski definition) is 2. The van der Waals surface area contributed by atoms with Crippen molar-refractivity contribution in [3.8, 4) is 0 Å². The summed E-state index contributed by atoms with van der Waals surface area (Å²) in [6.45, 7) is 0.969. The summed E-state index contributed by atoms with van der Waals surface area (Å²) in [5, 5.41) is 0. The molecule has 8 heavy (non-hydrogen) atoms.